The molecule has 4 aromatic rings. The molecule has 1 aliphatic carbocycles. The number of rotatable bonds is 7. The van der Waals surface area contributed by atoms with Crippen LogP contribution < -0.4 is 16.0 Å². The van der Waals surface area contributed by atoms with Crippen LogP contribution in [0, 0.1) is 13.8 Å². The van der Waals surface area contributed by atoms with Crippen LogP contribution in [0.4, 0.5) is 17.5 Å². The van der Waals surface area contributed by atoms with Crippen molar-refractivity contribution in [1.29, 1.82) is 0 Å². The molecule has 0 atom stereocenters. The zero-order chi connectivity index (χ0) is 23.7. The first kappa shape index (κ1) is 22.0. The molecular formula is C24H30N10. The van der Waals surface area contributed by atoms with Crippen molar-refractivity contribution in [1.82, 2.24) is 34.7 Å². The van der Waals surface area contributed by atoms with Crippen molar-refractivity contribution in [3.8, 4) is 0 Å². The highest BCUT2D eigenvalue weighted by Gasteiger charge is 2.20. The summed E-state index contributed by atoms with van der Waals surface area (Å²) in [7, 11) is 2.11. The first-order valence-electron chi connectivity index (χ1n) is 11.7. The summed E-state index contributed by atoms with van der Waals surface area (Å²) in [5.74, 6) is 2.18. The summed E-state index contributed by atoms with van der Waals surface area (Å²) >= 11 is 0. The number of hydrogen-bond donors (Lipinski definition) is 2. The van der Waals surface area contributed by atoms with Crippen molar-refractivity contribution in [2.75, 3.05) is 23.0 Å². The van der Waals surface area contributed by atoms with E-state index in [4.69, 9.17) is 5.73 Å². The van der Waals surface area contributed by atoms with E-state index < -0.39 is 0 Å². The minimum atomic E-state index is 0.510. The standard InChI is InChI=1S/C24H30N10/c1-15-8-21(25)31-16(2)19(15)10-28-23-20-13-34(32-24(20)30-14-29-23)12-17-9-27-22(11-26-17)33(3)18-6-4-5-7-18/h8-9,11,13-14,18H,4-7,10,12H2,1-3H3,(H2,25,31)(H,28,29,30,32). The van der Waals surface area contributed by atoms with Gasteiger partial charge in [-0.15, -0.1) is 0 Å². The minimum absolute atomic E-state index is 0.510. The summed E-state index contributed by atoms with van der Waals surface area (Å²) in [6.45, 7) is 5.10. The lowest BCUT2D eigenvalue weighted by molar-refractivity contribution is 0.640. The molecule has 5 rings (SSSR count). The molecule has 0 spiro atoms. The van der Waals surface area contributed by atoms with Crippen molar-refractivity contribution in [3.05, 3.63) is 53.5 Å². The third-order valence-corrected chi connectivity index (χ3v) is 6.62. The van der Waals surface area contributed by atoms with Gasteiger partial charge in [0.15, 0.2) is 5.65 Å². The average Bonchev–Trinajstić information content (AvgIpc) is 3.49. The predicted octanol–water partition coefficient (Wildman–Crippen LogP) is 3.25. The topological polar surface area (TPSA) is 124 Å². The molecule has 0 aromatic carbocycles. The number of aryl methyl sites for hydroxylation is 2. The van der Waals surface area contributed by atoms with Gasteiger partial charge in [0.25, 0.3) is 0 Å². The number of nitrogen functional groups attached to an aromatic ring is 1. The van der Waals surface area contributed by atoms with Gasteiger partial charge in [0.2, 0.25) is 0 Å². The van der Waals surface area contributed by atoms with Crippen molar-refractivity contribution < 1.29 is 0 Å². The van der Waals surface area contributed by atoms with E-state index in [1.807, 2.05) is 43.2 Å². The van der Waals surface area contributed by atoms with Gasteiger partial charge in [0.1, 0.15) is 23.8 Å². The Balaban J connectivity index is 1.30. The molecule has 4 heterocycles. The van der Waals surface area contributed by atoms with E-state index in [1.54, 1.807) is 0 Å². The fourth-order valence-corrected chi connectivity index (χ4v) is 4.69. The normalized spacial score (nSPS) is 14.1. The molecule has 0 saturated heterocycles. The maximum atomic E-state index is 5.85. The lowest BCUT2D eigenvalue weighted by atomic mass is 10.1. The number of nitrogens with zero attached hydrogens (tertiary/aromatic N) is 8. The van der Waals surface area contributed by atoms with Crippen molar-refractivity contribution in [2.45, 2.75) is 58.7 Å². The summed E-state index contributed by atoms with van der Waals surface area (Å²) in [5.41, 5.74) is 10.4. The summed E-state index contributed by atoms with van der Waals surface area (Å²) < 4.78 is 1.83. The van der Waals surface area contributed by atoms with Gasteiger partial charge in [0.05, 0.1) is 30.0 Å². The molecule has 10 heteroatoms. The number of nitrogens with one attached hydrogen (secondary N) is 1. The summed E-state index contributed by atoms with van der Waals surface area (Å²) in [5, 5.41) is 8.87. The molecule has 0 aliphatic heterocycles. The van der Waals surface area contributed by atoms with Crippen LogP contribution in [0.15, 0.2) is 31.0 Å². The fraction of sp³-hybridized carbons (Fsp3) is 0.417. The van der Waals surface area contributed by atoms with E-state index in [1.165, 1.54) is 32.0 Å². The van der Waals surface area contributed by atoms with E-state index in [0.29, 0.717) is 30.6 Å². The van der Waals surface area contributed by atoms with Gasteiger partial charge in [-0.2, -0.15) is 5.10 Å². The molecule has 10 nitrogen and oxygen atoms in total. The highest BCUT2D eigenvalue weighted by molar-refractivity contribution is 5.85. The molecule has 1 saturated carbocycles. The Labute approximate surface area is 198 Å². The molecule has 1 fully saturated rings. The third kappa shape index (κ3) is 4.48. The van der Waals surface area contributed by atoms with Crippen LogP contribution >= 0.6 is 0 Å². The number of anilines is 3. The Kier molecular flexibility index (Phi) is 5.95. The Morgan fingerprint density at radius 2 is 1.94 bits per heavy atom. The molecule has 3 N–H and O–H groups in total. The van der Waals surface area contributed by atoms with Gasteiger partial charge in [-0.1, -0.05) is 12.8 Å². The van der Waals surface area contributed by atoms with Crippen LogP contribution in [-0.4, -0.2) is 47.8 Å². The molecule has 34 heavy (non-hydrogen) atoms. The second kappa shape index (κ2) is 9.20. The Hall–Kier alpha value is -3.82. The van der Waals surface area contributed by atoms with E-state index in [9.17, 15) is 0 Å². The van der Waals surface area contributed by atoms with Crippen LogP contribution in [0.1, 0.15) is 48.2 Å². The predicted molar refractivity (Wildman–Crippen MR) is 133 cm³/mol. The first-order chi connectivity index (χ1) is 16.5. The maximum absolute atomic E-state index is 5.85. The molecule has 0 unspecified atom stereocenters. The number of aromatic nitrogens is 7. The zero-order valence-corrected chi connectivity index (χ0v) is 19.9. The molecule has 0 bridgehead atoms. The van der Waals surface area contributed by atoms with Gasteiger partial charge in [0, 0.05) is 31.5 Å². The Morgan fingerprint density at radius 3 is 2.68 bits per heavy atom. The quantitative estimate of drug-likeness (QED) is 0.429. The molecule has 0 radical (unpaired) electrons. The molecule has 0 amide bonds. The lowest BCUT2D eigenvalue weighted by Gasteiger charge is -2.24. The van der Waals surface area contributed by atoms with Crippen LogP contribution in [0.5, 0.6) is 0 Å². The largest absolute Gasteiger partial charge is 0.384 e. The highest BCUT2D eigenvalue weighted by Crippen LogP contribution is 2.25. The SMILES string of the molecule is Cc1cc(N)nc(C)c1CNc1ncnc2nn(Cc3cnc(N(C)C4CCCC4)cn3)cc12. The monoisotopic (exact) mass is 458 g/mol. The van der Waals surface area contributed by atoms with E-state index in [0.717, 1.165) is 39.5 Å². The molecular weight excluding hydrogens is 428 g/mol. The van der Waals surface area contributed by atoms with E-state index in [2.05, 4.69) is 47.3 Å². The van der Waals surface area contributed by atoms with Gasteiger partial charge >= 0.3 is 0 Å². The minimum Gasteiger partial charge on any atom is -0.384 e. The second-order valence-corrected chi connectivity index (χ2v) is 8.98. The fourth-order valence-electron chi connectivity index (χ4n) is 4.69. The Morgan fingerprint density at radius 1 is 1.12 bits per heavy atom. The smallest absolute Gasteiger partial charge is 0.186 e. The summed E-state index contributed by atoms with van der Waals surface area (Å²) in [6.07, 6.45) is 12.2. The summed E-state index contributed by atoms with van der Waals surface area (Å²) in [4.78, 5) is 24.7. The lowest BCUT2D eigenvalue weighted by Crippen LogP contribution is -2.29. The van der Waals surface area contributed by atoms with Crippen molar-refractivity contribution >= 4 is 28.5 Å². The highest BCUT2D eigenvalue weighted by atomic mass is 15.3. The van der Waals surface area contributed by atoms with Crippen molar-refractivity contribution in [3.63, 3.8) is 0 Å². The average molecular weight is 459 g/mol. The molecule has 4 aromatic heterocycles. The van der Waals surface area contributed by atoms with Gasteiger partial charge in [-0.3, -0.25) is 9.67 Å². The van der Waals surface area contributed by atoms with Crippen LogP contribution in [0.25, 0.3) is 11.0 Å². The number of pyridine rings is 1. The second-order valence-electron chi connectivity index (χ2n) is 8.98. The maximum Gasteiger partial charge on any atom is 0.186 e. The van der Waals surface area contributed by atoms with Gasteiger partial charge in [-0.25, -0.2) is 19.9 Å². The number of nitrogens with two attached hydrogens (primary N) is 1. The van der Waals surface area contributed by atoms with Crippen LogP contribution in [-0.2, 0) is 13.1 Å². The third-order valence-electron chi connectivity index (χ3n) is 6.62. The Bertz CT molecular complexity index is 1270. The number of hydrogen-bond acceptors (Lipinski definition) is 9. The number of fused-ring (bicyclic) bond motifs is 1. The molecule has 1 aliphatic rings. The zero-order valence-electron chi connectivity index (χ0n) is 19.9. The summed E-state index contributed by atoms with van der Waals surface area (Å²) in [6, 6.07) is 2.45. The van der Waals surface area contributed by atoms with E-state index in [-0.39, 0.29) is 0 Å². The van der Waals surface area contributed by atoms with Crippen LogP contribution in [0.3, 0.4) is 0 Å². The molecule has 176 valence electrons. The van der Waals surface area contributed by atoms with Crippen molar-refractivity contribution in [2.24, 2.45) is 0 Å². The van der Waals surface area contributed by atoms with Gasteiger partial charge in [-0.05, 0) is 43.9 Å². The van der Waals surface area contributed by atoms with Crippen LogP contribution in [0.2, 0.25) is 0 Å². The van der Waals surface area contributed by atoms with Gasteiger partial charge < -0.3 is 16.0 Å². The first-order valence-corrected chi connectivity index (χ1v) is 11.7. The van der Waals surface area contributed by atoms with E-state index >= 15 is 0 Å².